The minimum absolute atomic E-state index is 0.0856. The highest BCUT2D eigenvalue weighted by Crippen LogP contribution is 2.12. The first-order valence-electron chi connectivity index (χ1n) is 5.94. The van der Waals surface area contributed by atoms with Crippen LogP contribution in [0.25, 0.3) is 0 Å². The molecule has 19 heavy (non-hydrogen) atoms. The Bertz CT molecular complexity index is 540. The van der Waals surface area contributed by atoms with Gasteiger partial charge in [-0.2, -0.15) is 0 Å². The minimum Gasteiger partial charge on any atom is -0.480 e. The van der Waals surface area contributed by atoms with Crippen molar-refractivity contribution < 1.29 is 9.53 Å². The number of hydrogen-bond donors (Lipinski definition) is 1. The number of ether oxygens (including phenoxy) is 1. The van der Waals surface area contributed by atoms with E-state index in [-0.39, 0.29) is 17.6 Å². The summed E-state index contributed by atoms with van der Waals surface area (Å²) in [5.41, 5.74) is 1.31. The predicted molar refractivity (Wildman–Crippen MR) is 70.9 cm³/mol. The molecule has 0 aliphatic carbocycles. The highest BCUT2D eigenvalue weighted by Gasteiger charge is 2.12. The van der Waals surface area contributed by atoms with Crippen LogP contribution in [0.3, 0.4) is 0 Å². The van der Waals surface area contributed by atoms with Crippen molar-refractivity contribution in [2.45, 2.75) is 13.0 Å². The molecule has 0 aliphatic heterocycles. The number of carbonyl (C=O) groups excluding carboxylic acids is 1. The quantitative estimate of drug-likeness (QED) is 0.909. The number of nitrogens with zero attached hydrogens (tertiary/aromatic N) is 2. The Balaban J connectivity index is 2.04. The van der Waals surface area contributed by atoms with Gasteiger partial charge in [-0.1, -0.05) is 30.3 Å². The molecule has 1 aromatic carbocycles. The topological polar surface area (TPSA) is 64.1 Å². The molecule has 98 valence electrons. The lowest BCUT2D eigenvalue weighted by atomic mass is 10.1. The molecule has 2 aromatic rings. The summed E-state index contributed by atoms with van der Waals surface area (Å²) >= 11 is 0. The van der Waals surface area contributed by atoms with Gasteiger partial charge in [-0.3, -0.25) is 4.79 Å². The Morgan fingerprint density at radius 1 is 1.16 bits per heavy atom. The molecular weight excluding hydrogens is 242 g/mol. The third kappa shape index (κ3) is 3.28. The van der Waals surface area contributed by atoms with E-state index in [4.69, 9.17) is 4.74 Å². The van der Waals surface area contributed by atoms with E-state index in [1.807, 2.05) is 37.3 Å². The van der Waals surface area contributed by atoms with Crippen LogP contribution in [0.5, 0.6) is 5.88 Å². The van der Waals surface area contributed by atoms with Crippen LogP contribution in [0, 0.1) is 0 Å². The highest BCUT2D eigenvalue weighted by atomic mass is 16.5. The van der Waals surface area contributed by atoms with Crippen LogP contribution in [-0.4, -0.2) is 23.2 Å². The standard InChI is InChI=1S/C14H15N3O2/c1-10(11-6-4-3-5-7-11)15-14(18)12-8-9-13(19-2)17-16-12/h3-10H,1-2H3,(H,15,18)/t10-/m0/s1. The van der Waals surface area contributed by atoms with Crippen LogP contribution in [0.2, 0.25) is 0 Å². The molecule has 0 saturated heterocycles. The maximum absolute atomic E-state index is 12.0. The summed E-state index contributed by atoms with van der Waals surface area (Å²) < 4.78 is 4.89. The maximum atomic E-state index is 12.0. The molecule has 5 nitrogen and oxygen atoms in total. The molecule has 1 atom stereocenters. The molecule has 0 unspecified atom stereocenters. The first kappa shape index (κ1) is 13.0. The summed E-state index contributed by atoms with van der Waals surface area (Å²) in [7, 11) is 1.50. The maximum Gasteiger partial charge on any atom is 0.272 e. The summed E-state index contributed by atoms with van der Waals surface area (Å²) in [4.78, 5) is 12.0. The molecule has 1 aromatic heterocycles. The van der Waals surface area contributed by atoms with Gasteiger partial charge in [0.05, 0.1) is 13.2 Å². The molecule has 2 rings (SSSR count). The van der Waals surface area contributed by atoms with Gasteiger partial charge in [-0.15, -0.1) is 10.2 Å². The van der Waals surface area contributed by atoms with Gasteiger partial charge in [0.1, 0.15) is 0 Å². The molecule has 1 amide bonds. The molecular formula is C14H15N3O2. The zero-order valence-electron chi connectivity index (χ0n) is 10.8. The Morgan fingerprint density at radius 2 is 1.89 bits per heavy atom. The van der Waals surface area contributed by atoms with Crippen LogP contribution in [-0.2, 0) is 0 Å². The Kier molecular flexibility index (Phi) is 4.07. The van der Waals surface area contributed by atoms with Gasteiger partial charge in [0.15, 0.2) is 5.69 Å². The van der Waals surface area contributed by atoms with Crippen molar-refractivity contribution in [3.8, 4) is 5.88 Å². The number of benzene rings is 1. The van der Waals surface area contributed by atoms with Crippen molar-refractivity contribution in [3.63, 3.8) is 0 Å². The number of methoxy groups -OCH3 is 1. The first-order chi connectivity index (χ1) is 9.20. The zero-order chi connectivity index (χ0) is 13.7. The average molecular weight is 257 g/mol. The van der Waals surface area contributed by atoms with E-state index in [0.717, 1.165) is 5.56 Å². The van der Waals surface area contributed by atoms with E-state index in [0.29, 0.717) is 5.88 Å². The first-order valence-corrected chi connectivity index (χ1v) is 5.94. The molecule has 1 N–H and O–H groups in total. The fraction of sp³-hybridized carbons (Fsp3) is 0.214. The minimum atomic E-state index is -0.258. The second-order valence-electron chi connectivity index (χ2n) is 4.07. The van der Waals surface area contributed by atoms with Gasteiger partial charge in [0.2, 0.25) is 5.88 Å². The smallest absolute Gasteiger partial charge is 0.272 e. The number of amides is 1. The number of carbonyl (C=O) groups is 1. The zero-order valence-corrected chi connectivity index (χ0v) is 10.8. The number of rotatable bonds is 4. The largest absolute Gasteiger partial charge is 0.480 e. The lowest BCUT2D eigenvalue weighted by Gasteiger charge is -2.13. The molecule has 1 heterocycles. The van der Waals surface area contributed by atoms with E-state index < -0.39 is 0 Å². The van der Waals surface area contributed by atoms with E-state index in [2.05, 4.69) is 15.5 Å². The summed E-state index contributed by atoms with van der Waals surface area (Å²) in [5.74, 6) is 0.124. The van der Waals surface area contributed by atoms with Crippen LogP contribution in [0.15, 0.2) is 42.5 Å². The molecule has 0 bridgehead atoms. The van der Waals surface area contributed by atoms with Crippen LogP contribution in [0.4, 0.5) is 0 Å². The van der Waals surface area contributed by atoms with Crippen molar-refractivity contribution in [2.24, 2.45) is 0 Å². The van der Waals surface area contributed by atoms with Gasteiger partial charge in [0, 0.05) is 6.07 Å². The SMILES string of the molecule is COc1ccc(C(=O)N[C@@H](C)c2ccccc2)nn1. The second-order valence-corrected chi connectivity index (χ2v) is 4.07. The molecule has 0 spiro atoms. The third-order valence-corrected chi connectivity index (χ3v) is 2.73. The van der Waals surface area contributed by atoms with E-state index in [1.54, 1.807) is 12.1 Å². The van der Waals surface area contributed by atoms with E-state index >= 15 is 0 Å². The number of nitrogens with one attached hydrogen (secondary N) is 1. The fourth-order valence-corrected chi connectivity index (χ4v) is 1.65. The lowest BCUT2D eigenvalue weighted by molar-refractivity contribution is 0.0933. The molecule has 5 heteroatoms. The van der Waals surface area contributed by atoms with Crippen LogP contribution in [0.1, 0.15) is 29.0 Å². The Morgan fingerprint density at radius 3 is 2.47 bits per heavy atom. The van der Waals surface area contributed by atoms with Gasteiger partial charge in [0.25, 0.3) is 5.91 Å². The third-order valence-electron chi connectivity index (χ3n) is 2.73. The normalized spacial score (nSPS) is 11.7. The molecule has 0 fully saturated rings. The molecule has 0 radical (unpaired) electrons. The number of aromatic nitrogens is 2. The summed E-state index contributed by atoms with van der Waals surface area (Å²) in [6, 6.07) is 12.8. The van der Waals surface area contributed by atoms with Gasteiger partial charge < -0.3 is 10.1 Å². The van der Waals surface area contributed by atoms with Crippen molar-refractivity contribution >= 4 is 5.91 Å². The summed E-state index contributed by atoms with van der Waals surface area (Å²) in [6.45, 7) is 1.92. The van der Waals surface area contributed by atoms with Crippen molar-refractivity contribution in [2.75, 3.05) is 7.11 Å². The van der Waals surface area contributed by atoms with Crippen molar-refractivity contribution in [3.05, 3.63) is 53.7 Å². The monoisotopic (exact) mass is 257 g/mol. The summed E-state index contributed by atoms with van der Waals surface area (Å²) in [6.07, 6.45) is 0. The van der Waals surface area contributed by atoms with Crippen molar-refractivity contribution in [1.82, 2.24) is 15.5 Å². The van der Waals surface area contributed by atoms with E-state index in [9.17, 15) is 4.79 Å². The lowest BCUT2D eigenvalue weighted by Crippen LogP contribution is -2.27. The van der Waals surface area contributed by atoms with Crippen molar-refractivity contribution in [1.29, 1.82) is 0 Å². The van der Waals surface area contributed by atoms with E-state index in [1.165, 1.54) is 7.11 Å². The van der Waals surface area contributed by atoms with Crippen LogP contribution < -0.4 is 10.1 Å². The predicted octanol–water partition coefficient (Wildman–Crippen LogP) is 1.98. The Hall–Kier alpha value is -2.43. The molecule has 0 aliphatic rings. The second kappa shape index (κ2) is 5.95. The molecule has 0 saturated carbocycles. The summed E-state index contributed by atoms with van der Waals surface area (Å²) in [5, 5.41) is 10.4. The average Bonchev–Trinajstić information content (AvgIpc) is 2.48. The van der Waals surface area contributed by atoms with Crippen LogP contribution >= 0.6 is 0 Å². The number of hydrogen-bond acceptors (Lipinski definition) is 4. The highest BCUT2D eigenvalue weighted by molar-refractivity contribution is 5.92. The van der Waals surface area contributed by atoms with Gasteiger partial charge in [-0.25, -0.2) is 0 Å². The van der Waals surface area contributed by atoms with Gasteiger partial charge >= 0.3 is 0 Å². The Labute approximate surface area is 111 Å². The van der Waals surface area contributed by atoms with Gasteiger partial charge in [-0.05, 0) is 18.6 Å². The fourth-order valence-electron chi connectivity index (χ4n) is 1.65.